The number of nitrogens with one attached hydrogen (secondary N) is 3. The number of nitrogen functional groups attached to an aromatic ring is 1. The number of rotatable bonds is 5. The number of nitrogens with two attached hydrogens (primary N) is 1. The minimum Gasteiger partial charge on any atom is -0.489 e. The Labute approximate surface area is 176 Å². The van der Waals surface area contributed by atoms with E-state index in [2.05, 4.69) is 10.3 Å². The molecule has 5 N–H and O–H groups in total. The first kappa shape index (κ1) is 20.4. The molecular weight excluding hydrogens is 403 g/mol. The predicted octanol–water partition coefficient (Wildman–Crippen LogP) is 2.17. The third-order valence-electron chi connectivity index (χ3n) is 5.32. The molecule has 0 saturated carbocycles. The zero-order valence-electron chi connectivity index (χ0n) is 16.5. The normalized spacial score (nSPS) is 15.2. The van der Waals surface area contributed by atoms with E-state index in [0.29, 0.717) is 17.7 Å². The highest BCUT2D eigenvalue weighted by molar-refractivity contribution is 5.97. The molecule has 0 aliphatic heterocycles. The fraction of sp³-hybridized carbons (Fsp3) is 0.227. The third-order valence-corrected chi connectivity index (χ3v) is 5.32. The average Bonchev–Trinajstić information content (AvgIpc) is 2.76. The molecule has 0 radical (unpaired) electrons. The second-order valence-corrected chi connectivity index (χ2v) is 7.32. The second-order valence-electron chi connectivity index (χ2n) is 7.32. The lowest BCUT2D eigenvalue weighted by Crippen LogP contribution is -2.36. The average molecular weight is 424 g/mol. The summed E-state index contributed by atoms with van der Waals surface area (Å²) in [7, 11) is 0. The Bertz CT molecular complexity index is 1250. The van der Waals surface area contributed by atoms with Crippen molar-refractivity contribution >= 4 is 11.6 Å². The highest BCUT2D eigenvalue weighted by atomic mass is 19.1. The summed E-state index contributed by atoms with van der Waals surface area (Å²) < 4.78 is 19.8. The van der Waals surface area contributed by atoms with E-state index >= 15 is 0 Å². The number of hydrogen-bond acceptors (Lipinski definition) is 5. The molecule has 1 atom stereocenters. The van der Waals surface area contributed by atoms with Gasteiger partial charge in [-0.25, -0.2) is 9.18 Å². The fourth-order valence-corrected chi connectivity index (χ4v) is 3.78. The van der Waals surface area contributed by atoms with Crippen LogP contribution < -0.4 is 27.0 Å². The largest absolute Gasteiger partial charge is 0.489 e. The van der Waals surface area contributed by atoms with Gasteiger partial charge < -0.3 is 20.8 Å². The molecular formula is C22H21FN4O4. The topological polar surface area (TPSA) is 130 Å². The summed E-state index contributed by atoms with van der Waals surface area (Å²) in [5, 5.41) is 2.84. The summed E-state index contributed by atoms with van der Waals surface area (Å²) in [6.45, 7) is 0.0880. The quantitative estimate of drug-likeness (QED) is 0.499. The molecule has 0 fully saturated rings. The number of aromatic amines is 2. The van der Waals surface area contributed by atoms with Crippen LogP contribution >= 0.6 is 0 Å². The van der Waals surface area contributed by atoms with Gasteiger partial charge in [-0.15, -0.1) is 0 Å². The van der Waals surface area contributed by atoms with Gasteiger partial charge in [0.15, 0.2) is 0 Å². The maximum atomic E-state index is 13.9. The molecule has 1 heterocycles. The van der Waals surface area contributed by atoms with Crippen LogP contribution in [0.25, 0.3) is 0 Å². The number of hydrogen-bond donors (Lipinski definition) is 4. The fourth-order valence-electron chi connectivity index (χ4n) is 3.78. The van der Waals surface area contributed by atoms with Gasteiger partial charge in [0.25, 0.3) is 11.5 Å². The highest BCUT2D eigenvalue weighted by Crippen LogP contribution is 2.36. The van der Waals surface area contributed by atoms with Gasteiger partial charge in [0.1, 0.15) is 29.6 Å². The van der Waals surface area contributed by atoms with Crippen LogP contribution in [0.3, 0.4) is 0 Å². The SMILES string of the molecule is Nc1c(C(=O)N[C@@H]2CCCc3c(OCc4ccccc4F)cccc32)[nH]c(=O)[nH]c1=O. The van der Waals surface area contributed by atoms with E-state index in [4.69, 9.17) is 10.5 Å². The van der Waals surface area contributed by atoms with Crippen molar-refractivity contribution in [2.45, 2.75) is 31.9 Å². The van der Waals surface area contributed by atoms with Crippen LogP contribution in [-0.2, 0) is 13.0 Å². The van der Waals surface area contributed by atoms with E-state index < -0.39 is 17.2 Å². The van der Waals surface area contributed by atoms with E-state index in [1.807, 2.05) is 23.2 Å². The Hall–Kier alpha value is -3.88. The number of anilines is 1. The Kier molecular flexibility index (Phi) is 5.57. The van der Waals surface area contributed by atoms with Gasteiger partial charge in [-0.3, -0.25) is 14.6 Å². The van der Waals surface area contributed by atoms with Gasteiger partial charge in [-0.05, 0) is 42.5 Å². The summed E-state index contributed by atoms with van der Waals surface area (Å²) in [6.07, 6.45) is 2.21. The molecule has 0 unspecified atom stereocenters. The van der Waals surface area contributed by atoms with E-state index in [1.54, 1.807) is 18.2 Å². The number of ether oxygens (including phenoxy) is 1. The minimum absolute atomic E-state index is 0.0880. The van der Waals surface area contributed by atoms with E-state index in [0.717, 1.165) is 24.0 Å². The number of carbonyl (C=O) groups is 1. The molecule has 3 aromatic rings. The molecule has 1 aliphatic carbocycles. The molecule has 0 bridgehead atoms. The van der Waals surface area contributed by atoms with Crippen molar-refractivity contribution in [2.75, 3.05) is 5.73 Å². The molecule has 1 aromatic heterocycles. The van der Waals surface area contributed by atoms with Gasteiger partial charge in [-0.2, -0.15) is 0 Å². The van der Waals surface area contributed by atoms with Crippen LogP contribution in [-0.4, -0.2) is 15.9 Å². The number of H-pyrrole nitrogens is 2. The summed E-state index contributed by atoms with van der Waals surface area (Å²) in [5.41, 5.74) is 5.67. The predicted molar refractivity (Wildman–Crippen MR) is 112 cm³/mol. The molecule has 1 aliphatic rings. The van der Waals surface area contributed by atoms with Crippen LogP contribution in [0.4, 0.5) is 10.1 Å². The first-order valence-corrected chi connectivity index (χ1v) is 9.85. The standard InChI is InChI=1S/C22H21FN4O4/c23-15-8-2-1-5-12(15)11-31-17-10-4-6-13-14(17)7-3-9-16(13)25-21(29)19-18(24)20(28)27-22(30)26-19/h1-2,4-6,8,10,16H,3,7,9,11,24H2,(H,25,29)(H2,26,27,28,30)/t16-/m1/s1. The Morgan fingerprint density at radius 3 is 2.77 bits per heavy atom. The van der Waals surface area contributed by atoms with Crippen molar-refractivity contribution in [3.63, 3.8) is 0 Å². The zero-order chi connectivity index (χ0) is 22.0. The lowest BCUT2D eigenvalue weighted by Gasteiger charge is -2.28. The first-order chi connectivity index (χ1) is 14.9. The van der Waals surface area contributed by atoms with Crippen LogP contribution in [0, 0.1) is 5.82 Å². The second kappa shape index (κ2) is 8.47. The summed E-state index contributed by atoms with van der Waals surface area (Å²) in [5.74, 6) is -0.345. The summed E-state index contributed by atoms with van der Waals surface area (Å²) >= 11 is 0. The van der Waals surface area contributed by atoms with Gasteiger partial charge in [0, 0.05) is 5.56 Å². The van der Waals surface area contributed by atoms with Crippen molar-refractivity contribution in [3.05, 3.63) is 91.5 Å². The lowest BCUT2D eigenvalue weighted by molar-refractivity contribution is 0.0928. The van der Waals surface area contributed by atoms with Crippen LogP contribution in [0.1, 0.15) is 46.1 Å². The molecule has 1 amide bonds. The van der Waals surface area contributed by atoms with Gasteiger partial charge in [0.05, 0.1) is 6.04 Å². The Morgan fingerprint density at radius 2 is 1.97 bits per heavy atom. The number of fused-ring (bicyclic) bond motifs is 1. The minimum atomic E-state index is -0.818. The maximum absolute atomic E-state index is 13.9. The van der Waals surface area contributed by atoms with Crippen molar-refractivity contribution in [1.82, 2.24) is 15.3 Å². The van der Waals surface area contributed by atoms with Crippen molar-refractivity contribution in [3.8, 4) is 5.75 Å². The number of halogens is 1. The highest BCUT2D eigenvalue weighted by Gasteiger charge is 2.26. The van der Waals surface area contributed by atoms with Crippen molar-refractivity contribution < 1.29 is 13.9 Å². The first-order valence-electron chi connectivity index (χ1n) is 9.85. The molecule has 0 spiro atoms. The van der Waals surface area contributed by atoms with Crippen molar-refractivity contribution in [2.24, 2.45) is 0 Å². The lowest BCUT2D eigenvalue weighted by atomic mass is 9.87. The molecule has 160 valence electrons. The zero-order valence-corrected chi connectivity index (χ0v) is 16.5. The van der Waals surface area contributed by atoms with Crippen LogP contribution in [0.5, 0.6) is 5.75 Å². The van der Waals surface area contributed by atoms with E-state index in [1.165, 1.54) is 6.07 Å². The Morgan fingerprint density at radius 1 is 1.16 bits per heavy atom. The van der Waals surface area contributed by atoms with Gasteiger partial charge >= 0.3 is 5.69 Å². The molecule has 31 heavy (non-hydrogen) atoms. The number of aromatic nitrogens is 2. The van der Waals surface area contributed by atoms with E-state index in [-0.39, 0.29) is 29.8 Å². The van der Waals surface area contributed by atoms with Crippen LogP contribution in [0.2, 0.25) is 0 Å². The monoisotopic (exact) mass is 424 g/mol. The summed E-state index contributed by atoms with van der Waals surface area (Å²) in [4.78, 5) is 40.2. The van der Waals surface area contributed by atoms with E-state index in [9.17, 15) is 18.8 Å². The van der Waals surface area contributed by atoms with Gasteiger partial charge in [-0.1, -0.05) is 30.3 Å². The number of amides is 1. The number of carbonyl (C=O) groups excluding carboxylic acids is 1. The Balaban J connectivity index is 1.57. The van der Waals surface area contributed by atoms with Crippen LogP contribution in [0.15, 0.2) is 52.1 Å². The smallest absolute Gasteiger partial charge is 0.326 e. The molecule has 4 rings (SSSR count). The summed E-state index contributed by atoms with van der Waals surface area (Å²) in [6, 6.07) is 11.6. The van der Waals surface area contributed by atoms with Gasteiger partial charge in [0.2, 0.25) is 0 Å². The number of benzene rings is 2. The maximum Gasteiger partial charge on any atom is 0.326 e. The molecule has 2 aromatic carbocycles. The van der Waals surface area contributed by atoms with Crippen molar-refractivity contribution in [1.29, 1.82) is 0 Å². The molecule has 8 nitrogen and oxygen atoms in total. The third kappa shape index (κ3) is 4.20. The molecule has 9 heteroatoms. The molecule has 0 saturated heterocycles.